The zero-order valence-corrected chi connectivity index (χ0v) is 24.9. The fraction of sp³-hybridized carbons (Fsp3) is 0.290. The van der Waals surface area contributed by atoms with Crippen molar-refractivity contribution in [3.8, 4) is 0 Å². The fourth-order valence-electron chi connectivity index (χ4n) is 4.73. The van der Waals surface area contributed by atoms with Crippen molar-refractivity contribution in [3.05, 3.63) is 95.6 Å². The number of aryl methyl sites for hydroxylation is 1. The van der Waals surface area contributed by atoms with E-state index in [1.165, 1.54) is 30.1 Å². The minimum absolute atomic E-state index is 0.0720. The molecule has 220 valence electrons. The maximum atomic E-state index is 14.1. The van der Waals surface area contributed by atoms with Crippen molar-refractivity contribution in [2.45, 2.75) is 51.2 Å². The number of imide groups is 1. The monoisotopic (exact) mass is 590 g/mol. The highest BCUT2D eigenvalue weighted by Crippen LogP contribution is 2.36. The molecular weight excluding hydrogens is 556 g/mol. The van der Waals surface area contributed by atoms with Crippen LogP contribution in [0.25, 0.3) is 0 Å². The third-order valence-corrected chi connectivity index (χ3v) is 8.50. The van der Waals surface area contributed by atoms with Crippen LogP contribution in [0.1, 0.15) is 43.5 Å². The predicted molar refractivity (Wildman–Crippen MR) is 158 cm³/mol. The summed E-state index contributed by atoms with van der Waals surface area (Å²) in [5.74, 6) is -2.28. The molecule has 0 aliphatic carbocycles. The van der Waals surface area contributed by atoms with Gasteiger partial charge >= 0.3 is 6.03 Å². The first-order valence-electron chi connectivity index (χ1n) is 13.4. The first-order valence-corrected chi connectivity index (χ1v) is 14.9. The van der Waals surface area contributed by atoms with E-state index in [1.807, 2.05) is 30.3 Å². The Kier molecular flexibility index (Phi) is 8.65. The highest BCUT2D eigenvalue weighted by atomic mass is 32.2. The third kappa shape index (κ3) is 6.12. The normalized spacial score (nSPS) is 16.5. The van der Waals surface area contributed by atoms with Crippen LogP contribution in [0.3, 0.4) is 0 Å². The lowest BCUT2D eigenvalue weighted by Crippen LogP contribution is -2.55. The molecule has 0 radical (unpaired) electrons. The van der Waals surface area contributed by atoms with Gasteiger partial charge in [-0.25, -0.2) is 22.8 Å². The summed E-state index contributed by atoms with van der Waals surface area (Å²) < 4.78 is 27.0. The van der Waals surface area contributed by atoms with Crippen LogP contribution in [0.2, 0.25) is 0 Å². The summed E-state index contributed by atoms with van der Waals surface area (Å²) in [5, 5.41) is 2.62. The van der Waals surface area contributed by atoms with Gasteiger partial charge in [0, 0.05) is 17.6 Å². The van der Waals surface area contributed by atoms with E-state index >= 15 is 0 Å². The summed E-state index contributed by atoms with van der Waals surface area (Å²) >= 11 is 0. The zero-order valence-electron chi connectivity index (χ0n) is 24.1. The Morgan fingerprint density at radius 2 is 1.52 bits per heavy atom. The van der Waals surface area contributed by atoms with Crippen LogP contribution >= 0.6 is 0 Å². The SMILES string of the molecule is CNS(=O)(=O)c1ccc(C)c(NC(=O)C(C(=O)C(C)(C)C)N2C(=O)C(c3ccccc3)N(Cc3ccccc3)C2=O)c1. The first kappa shape index (κ1) is 30.6. The number of Topliss-reactive ketones (excluding diaryl/α,β-unsaturated/α-hetero) is 1. The second-order valence-electron chi connectivity index (χ2n) is 11.1. The summed E-state index contributed by atoms with van der Waals surface area (Å²) in [6.07, 6.45) is 0. The summed E-state index contributed by atoms with van der Waals surface area (Å²) in [7, 11) is -2.57. The number of sulfonamides is 1. The lowest BCUT2D eigenvalue weighted by atomic mass is 9.85. The molecule has 11 heteroatoms. The van der Waals surface area contributed by atoms with Gasteiger partial charge in [-0.1, -0.05) is 87.5 Å². The van der Waals surface area contributed by atoms with Crippen LogP contribution in [0, 0.1) is 12.3 Å². The second kappa shape index (κ2) is 11.9. The fourth-order valence-corrected chi connectivity index (χ4v) is 5.48. The summed E-state index contributed by atoms with van der Waals surface area (Å²) in [6.45, 7) is 6.53. The van der Waals surface area contributed by atoms with E-state index in [0.717, 1.165) is 10.5 Å². The Hall–Kier alpha value is -4.35. The number of nitrogens with one attached hydrogen (secondary N) is 2. The molecular formula is C31H34N4O6S. The van der Waals surface area contributed by atoms with E-state index < -0.39 is 51.2 Å². The average molecular weight is 591 g/mol. The number of carbonyl (C=O) groups is 4. The lowest BCUT2D eigenvalue weighted by Gasteiger charge is -2.29. The number of rotatable bonds is 9. The number of ketones is 1. The van der Waals surface area contributed by atoms with E-state index in [4.69, 9.17) is 0 Å². The van der Waals surface area contributed by atoms with Crippen molar-refractivity contribution in [1.82, 2.24) is 14.5 Å². The Bertz CT molecular complexity index is 1620. The van der Waals surface area contributed by atoms with Crippen molar-refractivity contribution >= 4 is 39.3 Å². The molecule has 2 N–H and O–H groups in total. The quantitative estimate of drug-likeness (QED) is 0.286. The molecule has 4 amide bonds. The Morgan fingerprint density at radius 3 is 2.10 bits per heavy atom. The van der Waals surface area contributed by atoms with E-state index in [0.29, 0.717) is 11.1 Å². The van der Waals surface area contributed by atoms with Crippen LogP contribution in [0.15, 0.2) is 83.8 Å². The van der Waals surface area contributed by atoms with E-state index in [1.54, 1.807) is 58.0 Å². The topological polar surface area (TPSA) is 133 Å². The lowest BCUT2D eigenvalue weighted by molar-refractivity contribution is -0.144. The molecule has 1 saturated heterocycles. The number of anilines is 1. The molecule has 0 saturated carbocycles. The zero-order chi connectivity index (χ0) is 30.8. The minimum Gasteiger partial charge on any atom is -0.324 e. The molecule has 2 unspecified atom stereocenters. The highest BCUT2D eigenvalue weighted by Gasteiger charge is 2.54. The van der Waals surface area contributed by atoms with Crippen LogP contribution in [0.4, 0.5) is 10.5 Å². The van der Waals surface area contributed by atoms with E-state index in [-0.39, 0.29) is 17.1 Å². The molecule has 1 aliphatic heterocycles. The molecule has 3 aromatic rings. The van der Waals surface area contributed by atoms with Gasteiger partial charge in [0.25, 0.3) is 11.8 Å². The Morgan fingerprint density at radius 1 is 0.929 bits per heavy atom. The molecule has 0 aromatic heterocycles. The minimum atomic E-state index is -3.83. The van der Waals surface area contributed by atoms with Crippen LogP contribution < -0.4 is 10.0 Å². The van der Waals surface area contributed by atoms with Gasteiger partial charge in [-0.3, -0.25) is 14.4 Å². The standard InChI is InChI=1S/C31H34N4O6S/c1-20-16-17-23(42(40,41)32-5)18-24(20)33-28(37)26(27(36)31(2,3)4)35-29(38)25(22-14-10-7-11-15-22)34(30(35)39)19-21-12-8-6-9-13-21/h6-18,25-26,32H,19H2,1-5H3,(H,33,37). The van der Waals surface area contributed by atoms with Crippen molar-refractivity contribution in [3.63, 3.8) is 0 Å². The second-order valence-corrected chi connectivity index (χ2v) is 13.0. The van der Waals surface area contributed by atoms with Gasteiger partial charge in [0.1, 0.15) is 6.04 Å². The maximum Gasteiger partial charge on any atom is 0.329 e. The van der Waals surface area contributed by atoms with Gasteiger partial charge in [-0.2, -0.15) is 0 Å². The van der Waals surface area contributed by atoms with Crippen molar-refractivity contribution in [1.29, 1.82) is 0 Å². The summed E-state index contributed by atoms with van der Waals surface area (Å²) in [5.41, 5.74) is 0.847. The molecule has 2 atom stereocenters. The molecule has 0 spiro atoms. The van der Waals surface area contributed by atoms with Gasteiger partial charge < -0.3 is 10.2 Å². The van der Waals surface area contributed by atoms with Gasteiger partial charge in [-0.15, -0.1) is 0 Å². The third-order valence-electron chi connectivity index (χ3n) is 7.09. The molecule has 42 heavy (non-hydrogen) atoms. The number of hydrogen-bond donors (Lipinski definition) is 2. The highest BCUT2D eigenvalue weighted by molar-refractivity contribution is 7.89. The summed E-state index contributed by atoms with van der Waals surface area (Å²) in [4.78, 5) is 57.8. The Balaban J connectivity index is 1.79. The van der Waals surface area contributed by atoms with E-state index in [2.05, 4.69) is 10.0 Å². The van der Waals surface area contributed by atoms with Crippen molar-refractivity contribution in [2.75, 3.05) is 12.4 Å². The molecule has 1 fully saturated rings. The average Bonchev–Trinajstić information content (AvgIpc) is 3.19. The van der Waals surface area contributed by atoms with Crippen molar-refractivity contribution in [2.24, 2.45) is 5.41 Å². The maximum absolute atomic E-state index is 14.1. The van der Waals surface area contributed by atoms with Gasteiger partial charge in [0.2, 0.25) is 10.0 Å². The number of urea groups is 1. The summed E-state index contributed by atoms with van der Waals surface area (Å²) in [6, 6.07) is 18.3. The molecule has 10 nitrogen and oxygen atoms in total. The van der Waals surface area contributed by atoms with Crippen LogP contribution in [-0.2, 0) is 31.0 Å². The van der Waals surface area contributed by atoms with Gasteiger partial charge in [0.05, 0.1) is 4.90 Å². The number of amides is 4. The van der Waals surface area contributed by atoms with Crippen LogP contribution in [0.5, 0.6) is 0 Å². The largest absolute Gasteiger partial charge is 0.329 e. The number of carbonyl (C=O) groups excluding carboxylic acids is 4. The van der Waals surface area contributed by atoms with Crippen molar-refractivity contribution < 1.29 is 27.6 Å². The number of benzene rings is 3. The predicted octanol–water partition coefficient (Wildman–Crippen LogP) is 4.03. The van der Waals surface area contributed by atoms with Gasteiger partial charge in [-0.05, 0) is 42.8 Å². The smallest absolute Gasteiger partial charge is 0.324 e. The first-order chi connectivity index (χ1) is 19.8. The van der Waals surface area contributed by atoms with Crippen LogP contribution in [-0.4, -0.2) is 54.9 Å². The molecule has 1 aliphatic rings. The molecule has 4 rings (SSSR count). The molecule has 1 heterocycles. The number of nitrogens with zero attached hydrogens (tertiary/aromatic N) is 2. The van der Waals surface area contributed by atoms with Gasteiger partial charge in [0.15, 0.2) is 11.8 Å². The van der Waals surface area contributed by atoms with E-state index in [9.17, 15) is 27.6 Å². The molecule has 0 bridgehead atoms. The Labute approximate surface area is 245 Å². The molecule has 3 aromatic carbocycles. The number of hydrogen-bond acceptors (Lipinski definition) is 6.